The first-order chi connectivity index (χ1) is 15.4. The zero-order chi connectivity index (χ0) is 22.3. The number of amides is 4. The highest BCUT2D eigenvalue weighted by Crippen LogP contribution is 2.29. The van der Waals surface area contributed by atoms with Crippen molar-refractivity contribution in [3.8, 4) is 0 Å². The molecule has 1 aliphatic heterocycles. The molecule has 1 aliphatic carbocycles. The molecule has 7 nitrogen and oxygen atoms in total. The number of hydrogen-bond donors (Lipinski definition) is 4. The van der Waals surface area contributed by atoms with E-state index in [1.54, 1.807) is 13.0 Å². The highest BCUT2D eigenvalue weighted by atomic mass is 16.2. The van der Waals surface area contributed by atoms with Crippen molar-refractivity contribution in [1.82, 2.24) is 20.9 Å². The smallest absolute Gasteiger partial charge is 0.322 e. The molecule has 5 rings (SSSR count). The van der Waals surface area contributed by atoms with Crippen LogP contribution in [0.2, 0.25) is 0 Å². The van der Waals surface area contributed by atoms with Gasteiger partial charge in [0.15, 0.2) is 0 Å². The van der Waals surface area contributed by atoms with E-state index in [1.807, 2.05) is 36.4 Å². The van der Waals surface area contributed by atoms with Crippen LogP contribution in [0.15, 0.2) is 42.5 Å². The van der Waals surface area contributed by atoms with Crippen molar-refractivity contribution in [2.24, 2.45) is 0 Å². The third-order valence-corrected chi connectivity index (χ3v) is 6.61. The van der Waals surface area contributed by atoms with Crippen LogP contribution in [0.1, 0.15) is 58.9 Å². The molecular formula is C25H26N4O3. The van der Waals surface area contributed by atoms with E-state index < -0.39 is 11.6 Å². The van der Waals surface area contributed by atoms with Crippen LogP contribution in [-0.4, -0.2) is 22.8 Å². The van der Waals surface area contributed by atoms with E-state index in [9.17, 15) is 14.4 Å². The summed E-state index contributed by atoms with van der Waals surface area (Å²) in [6.45, 7) is 1.99. The minimum absolute atomic E-state index is 0.140. The average Bonchev–Trinajstić information content (AvgIpc) is 3.15. The minimum Gasteiger partial charge on any atom is -0.358 e. The number of benzene rings is 2. The van der Waals surface area contributed by atoms with E-state index in [-0.39, 0.29) is 11.8 Å². The Balaban J connectivity index is 1.33. The molecule has 1 unspecified atom stereocenters. The van der Waals surface area contributed by atoms with Crippen LogP contribution in [0.5, 0.6) is 0 Å². The molecule has 7 heteroatoms. The van der Waals surface area contributed by atoms with Crippen molar-refractivity contribution in [2.45, 2.75) is 51.1 Å². The SMILES string of the molecule is CC1(c2cccc(CNC(=O)c3ccc4[nH]c5c(c4c3)CCCCC5)c2)NC(=O)NC1=O. The Morgan fingerprint density at radius 2 is 1.91 bits per heavy atom. The van der Waals surface area contributed by atoms with Gasteiger partial charge in [-0.3, -0.25) is 14.9 Å². The molecule has 2 heterocycles. The molecule has 1 saturated heterocycles. The van der Waals surface area contributed by atoms with Crippen molar-refractivity contribution < 1.29 is 14.4 Å². The number of rotatable bonds is 4. The van der Waals surface area contributed by atoms with Gasteiger partial charge in [0.1, 0.15) is 5.54 Å². The van der Waals surface area contributed by atoms with E-state index in [4.69, 9.17) is 0 Å². The summed E-state index contributed by atoms with van der Waals surface area (Å²) in [6, 6.07) is 12.7. The maximum Gasteiger partial charge on any atom is 0.322 e. The average molecular weight is 431 g/mol. The lowest BCUT2D eigenvalue weighted by molar-refractivity contribution is -0.123. The first kappa shape index (κ1) is 20.3. The summed E-state index contributed by atoms with van der Waals surface area (Å²) < 4.78 is 0. The molecule has 4 N–H and O–H groups in total. The second-order valence-corrected chi connectivity index (χ2v) is 8.82. The van der Waals surface area contributed by atoms with Crippen molar-refractivity contribution in [3.05, 3.63) is 70.4 Å². The molecule has 4 amide bonds. The normalized spacial score (nSPS) is 20.4. The summed E-state index contributed by atoms with van der Waals surface area (Å²) in [5, 5.41) is 9.07. The monoisotopic (exact) mass is 430 g/mol. The van der Waals surface area contributed by atoms with Gasteiger partial charge in [-0.25, -0.2) is 4.79 Å². The van der Waals surface area contributed by atoms with Gasteiger partial charge in [-0.2, -0.15) is 0 Å². The zero-order valence-electron chi connectivity index (χ0n) is 18.0. The van der Waals surface area contributed by atoms with Crippen LogP contribution in [-0.2, 0) is 29.7 Å². The van der Waals surface area contributed by atoms with E-state index >= 15 is 0 Å². The molecule has 1 atom stereocenters. The molecule has 1 fully saturated rings. The number of aromatic amines is 1. The lowest BCUT2D eigenvalue weighted by Crippen LogP contribution is -2.40. The fraction of sp³-hybridized carbons (Fsp3) is 0.320. The predicted octanol–water partition coefficient (Wildman–Crippen LogP) is 3.42. The number of hydrogen-bond acceptors (Lipinski definition) is 3. The summed E-state index contributed by atoms with van der Waals surface area (Å²) in [6.07, 6.45) is 5.75. The maximum atomic E-state index is 12.9. The van der Waals surface area contributed by atoms with E-state index in [0.29, 0.717) is 17.7 Å². The molecule has 0 saturated carbocycles. The number of carbonyl (C=O) groups excluding carboxylic acids is 3. The lowest BCUT2D eigenvalue weighted by atomic mass is 9.91. The molecule has 3 aromatic rings. The van der Waals surface area contributed by atoms with E-state index in [2.05, 4.69) is 20.9 Å². The van der Waals surface area contributed by atoms with E-state index in [0.717, 1.165) is 29.3 Å². The summed E-state index contributed by atoms with van der Waals surface area (Å²) in [5.41, 5.74) is 4.79. The standard InChI is InChI=1S/C25H26N4O3/c1-25(23(31)28-24(32)29-25)17-7-5-6-15(12-17)14-26-22(30)16-10-11-21-19(13-16)18-8-3-2-4-9-20(18)27-21/h5-7,10-13,27H,2-4,8-9,14H2,1H3,(H,26,30)(H2,28,29,31,32). The van der Waals surface area contributed by atoms with Crippen LogP contribution in [0, 0.1) is 0 Å². The Bertz CT molecular complexity index is 1250. The topological polar surface area (TPSA) is 103 Å². The Morgan fingerprint density at radius 3 is 2.72 bits per heavy atom. The zero-order valence-corrected chi connectivity index (χ0v) is 18.0. The van der Waals surface area contributed by atoms with Crippen LogP contribution >= 0.6 is 0 Å². The third kappa shape index (κ3) is 3.53. The van der Waals surface area contributed by atoms with Gasteiger partial charge in [0.05, 0.1) is 0 Å². The van der Waals surface area contributed by atoms with Crippen LogP contribution in [0.4, 0.5) is 4.79 Å². The predicted molar refractivity (Wildman–Crippen MR) is 121 cm³/mol. The minimum atomic E-state index is -1.12. The second-order valence-electron chi connectivity index (χ2n) is 8.82. The summed E-state index contributed by atoms with van der Waals surface area (Å²) in [4.78, 5) is 40.2. The molecular weight excluding hydrogens is 404 g/mol. The summed E-state index contributed by atoms with van der Waals surface area (Å²) >= 11 is 0. The van der Waals surface area contributed by atoms with Gasteiger partial charge in [-0.05, 0) is 67.5 Å². The number of aromatic nitrogens is 1. The number of H-pyrrole nitrogens is 1. The number of carbonyl (C=O) groups is 3. The fourth-order valence-corrected chi connectivity index (χ4v) is 4.75. The maximum absolute atomic E-state index is 12.9. The first-order valence-electron chi connectivity index (χ1n) is 11.1. The van der Waals surface area contributed by atoms with Gasteiger partial charge < -0.3 is 15.6 Å². The highest BCUT2D eigenvalue weighted by Gasteiger charge is 2.43. The number of fused-ring (bicyclic) bond motifs is 3. The number of aryl methyl sites for hydroxylation is 2. The van der Waals surface area contributed by atoms with Crippen LogP contribution in [0.25, 0.3) is 10.9 Å². The number of urea groups is 1. The molecule has 164 valence electrons. The number of nitrogens with one attached hydrogen (secondary N) is 4. The Kier molecular flexibility index (Phi) is 4.96. The third-order valence-electron chi connectivity index (χ3n) is 6.61. The van der Waals surface area contributed by atoms with Gasteiger partial charge in [0.2, 0.25) is 0 Å². The lowest BCUT2D eigenvalue weighted by Gasteiger charge is -2.21. The Hall–Kier alpha value is -3.61. The van der Waals surface area contributed by atoms with E-state index in [1.165, 1.54) is 30.5 Å². The summed E-state index contributed by atoms with van der Waals surface area (Å²) in [7, 11) is 0. The highest BCUT2D eigenvalue weighted by molar-refractivity contribution is 6.07. The van der Waals surface area contributed by atoms with Gasteiger partial charge in [0, 0.05) is 28.7 Å². The number of imide groups is 1. The molecule has 0 bridgehead atoms. The summed E-state index contributed by atoms with van der Waals surface area (Å²) in [5.74, 6) is -0.526. The van der Waals surface area contributed by atoms with Gasteiger partial charge in [0.25, 0.3) is 11.8 Å². The molecule has 0 spiro atoms. The van der Waals surface area contributed by atoms with Crippen molar-refractivity contribution >= 4 is 28.7 Å². The van der Waals surface area contributed by atoms with Crippen LogP contribution in [0.3, 0.4) is 0 Å². The van der Waals surface area contributed by atoms with Gasteiger partial charge in [-0.15, -0.1) is 0 Å². The fourth-order valence-electron chi connectivity index (χ4n) is 4.75. The first-order valence-corrected chi connectivity index (χ1v) is 11.1. The molecule has 2 aliphatic rings. The Morgan fingerprint density at radius 1 is 1.06 bits per heavy atom. The van der Waals surface area contributed by atoms with Crippen molar-refractivity contribution in [2.75, 3.05) is 0 Å². The van der Waals surface area contributed by atoms with Gasteiger partial charge in [-0.1, -0.05) is 30.7 Å². The second kappa shape index (κ2) is 7.82. The Labute approximate surface area is 186 Å². The van der Waals surface area contributed by atoms with Gasteiger partial charge >= 0.3 is 6.03 Å². The van der Waals surface area contributed by atoms with Crippen molar-refractivity contribution in [1.29, 1.82) is 0 Å². The van der Waals surface area contributed by atoms with Crippen molar-refractivity contribution in [3.63, 3.8) is 0 Å². The van der Waals surface area contributed by atoms with Crippen LogP contribution < -0.4 is 16.0 Å². The largest absolute Gasteiger partial charge is 0.358 e. The quantitative estimate of drug-likeness (QED) is 0.377. The molecule has 2 aromatic carbocycles. The molecule has 32 heavy (non-hydrogen) atoms. The molecule has 0 radical (unpaired) electrons. The molecule has 1 aromatic heterocycles.